The number of aromatic nitrogens is 2. The van der Waals surface area contributed by atoms with Gasteiger partial charge in [0.2, 0.25) is 11.9 Å². The number of rotatable bonds is 5. The lowest BCUT2D eigenvalue weighted by molar-refractivity contribution is -0.160. The molecular formula is C22H32F3N7O. The maximum atomic E-state index is 13.7. The van der Waals surface area contributed by atoms with Crippen LogP contribution >= 0.6 is 0 Å². The molecule has 6 rings (SSSR count). The smallest absolute Gasteiger partial charge is 0.356 e. The second-order valence-corrected chi connectivity index (χ2v) is 10.3. The molecule has 5 aliphatic rings. The van der Waals surface area contributed by atoms with Crippen LogP contribution in [0.4, 0.5) is 24.9 Å². The fraction of sp³-hybridized carbons (Fsp3) is 0.773. The largest absolute Gasteiger partial charge is 0.421 e. The van der Waals surface area contributed by atoms with Crippen molar-refractivity contribution in [2.45, 2.75) is 62.3 Å². The van der Waals surface area contributed by atoms with Crippen LogP contribution in [0, 0.1) is 0 Å². The highest BCUT2D eigenvalue weighted by Crippen LogP contribution is 2.64. The molecule has 1 amide bonds. The summed E-state index contributed by atoms with van der Waals surface area (Å²) in [5.74, 6) is 0.0844. The molecule has 8 nitrogen and oxygen atoms in total. The van der Waals surface area contributed by atoms with Crippen LogP contribution in [0.1, 0.15) is 44.6 Å². The molecule has 2 aliphatic heterocycles. The Morgan fingerprint density at radius 2 is 1.73 bits per heavy atom. The van der Waals surface area contributed by atoms with Crippen LogP contribution in [0.3, 0.4) is 0 Å². The van der Waals surface area contributed by atoms with E-state index < -0.39 is 11.7 Å². The minimum absolute atomic E-state index is 0.0148. The van der Waals surface area contributed by atoms with Crippen LogP contribution in [0.2, 0.25) is 0 Å². The number of piperidine rings is 1. The van der Waals surface area contributed by atoms with E-state index in [2.05, 4.69) is 37.4 Å². The van der Waals surface area contributed by atoms with Crippen LogP contribution in [-0.4, -0.2) is 89.1 Å². The molecule has 0 unspecified atom stereocenters. The van der Waals surface area contributed by atoms with Crippen LogP contribution in [0.15, 0.2) is 6.20 Å². The Balaban J connectivity index is 1.26. The average molecular weight is 468 g/mol. The predicted molar refractivity (Wildman–Crippen MR) is 118 cm³/mol. The van der Waals surface area contributed by atoms with E-state index in [1.165, 1.54) is 6.92 Å². The van der Waals surface area contributed by atoms with Gasteiger partial charge in [0, 0.05) is 69.5 Å². The van der Waals surface area contributed by atoms with Gasteiger partial charge in [0.05, 0.1) is 0 Å². The van der Waals surface area contributed by atoms with Gasteiger partial charge in [0.1, 0.15) is 11.4 Å². The van der Waals surface area contributed by atoms with Crippen molar-refractivity contribution in [2.75, 3.05) is 56.5 Å². The van der Waals surface area contributed by atoms with Gasteiger partial charge in [-0.05, 0) is 39.2 Å². The summed E-state index contributed by atoms with van der Waals surface area (Å²) >= 11 is 0. The first kappa shape index (κ1) is 22.6. The highest BCUT2D eigenvalue weighted by atomic mass is 19.4. The molecule has 2 N–H and O–H groups in total. The monoisotopic (exact) mass is 467 g/mol. The molecule has 11 heteroatoms. The number of alkyl halides is 3. The topological polar surface area (TPSA) is 76.6 Å². The van der Waals surface area contributed by atoms with Gasteiger partial charge in [-0.25, -0.2) is 4.98 Å². The lowest BCUT2D eigenvalue weighted by Crippen LogP contribution is -2.82. The van der Waals surface area contributed by atoms with Gasteiger partial charge < -0.3 is 20.4 Å². The second kappa shape index (κ2) is 7.97. The van der Waals surface area contributed by atoms with Crippen molar-refractivity contribution in [3.05, 3.63) is 11.8 Å². The number of carbonyl (C=O) groups excluding carboxylic acids is 1. The van der Waals surface area contributed by atoms with Gasteiger partial charge in [-0.2, -0.15) is 18.2 Å². The van der Waals surface area contributed by atoms with E-state index in [0.29, 0.717) is 25.9 Å². The molecule has 1 aromatic rings. The zero-order valence-corrected chi connectivity index (χ0v) is 19.2. The maximum absolute atomic E-state index is 13.7. The standard InChI is InChI=1S/C22H32F3N7O/c1-15(33)27-16-3-5-31(6-4-16)18-17(22(23,24)25)11-26-19(28-18)29-20-12-21(13-20,14-20)32-9-7-30(2)8-10-32/h11,16H,3-10,12-14H2,1-2H3,(H,27,33)(H,26,28,29). The number of hydrogen-bond acceptors (Lipinski definition) is 7. The van der Waals surface area contributed by atoms with Crippen molar-refractivity contribution in [1.82, 2.24) is 25.1 Å². The molecule has 2 saturated heterocycles. The first-order valence-electron chi connectivity index (χ1n) is 11.8. The Morgan fingerprint density at radius 1 is 1.09 bits per heavy atom. The summed E-state index contributed by atoms with van der Waals surface area (Å²) in [5.41, 5.74) is -0.662. The SMILES string of the molecule is CC(=O)NC1CCN(c2nc(NC34CC(N5CCN(C)CC5)(C3)C4)ncc2C(F)(F)F)CC1. The second-order valence-electron chi connectivity index (χ2n) is 10.3. The molecular weight excluding hydrogens is 435 g/mol. The van der Waals surface area contributed by atoms with E-state index in [0.717, 1.165) is 51.6 Å². The van der Waals surface area contributed by atoms with E-state index in [1.54, 1.807) is 4.90 Å². The number of piperazine rings is 1. The molecule has 0 spiro atoms. The van der Waals surface area contributed by atoms with Crippen LogP contribution in [0.5, 0.6) is 0 Å². The summed E-state index contributed by atoms with van der Waals surface area (Å²) < 4.78 is 41.1. The molecule has 0 radical (unpaired) electrons. The summed E-state index contributed by atoms with van der Waals surface area (Å²) in [4.78, 5) is 26.3. The number of nitrogens with one attached hydrogen (secondary N) is 2. The fourth-order valence-electron chi connectivity index (χ4n) is 6.12. The average Bonchev–Trinajstić information content (AvgIpc) is 2.70. The summed E-state index contributed by atoms with van der Waals surface area (Å²) in [6.45, 7) is 6.56. The summed E-state index contributed by atoms with van der Waals surface area (Å²) in [6, 6.07) is -0.0148. The van der Waals surface area contributed by atoms with Gasteiger partial charge >= 0.3 is 6.18 Å². The Hall–Kier alpha value is -2.14. The van der Waals surface area contributed by atoms with Crippen LogP contribution in [-0.2, 0) is 11.0 Å². The molecule has 0 atom stereocenters. The lowest BCUT2D eigenvalue weighted by Gasteiger charge is -2.74. The van der Waals surface area contributed by atoms with Crippen LogP contribution in [0.25, 0.3) is 0 Å². The van der Waals surface area contributed by atoms with Gasteiger partial charge in [0.15, 0.2) is 0 Å². The minimum atomic E-state index is -4.52. The van der Waals surface area contributed by atoms with Gasteiger partial charge in [0.25, 0.3) is 0 Å². The number of likely N-dealkylation sites (N-methyl/N-ethyl adjacent to an activating group) is 1. The highest BCUT2D eigenvalue weighted by Gasteiger charge is 2.70. The van der Waals surface area contributed by atoms with Crippen LogP contribution < -0.4 is 15.5 Å². The van der Waals surface area contributed by atoms with Gasteiger partial charge in [-0.3, -0.25) is 9.69 Å². The molecule has 5 fully saturated rings. The Bertz CT molecular complexity index is 888. The third-order valence-electron chi connectivity index (χ3n) is 7.83. The zero-order chi connectivity index (χ0) is 23.4. The third-order valence-corrected chi connectivity index (χ3v) is 7.83. The highest BCUT2D eigenvalue weighted by molar-refractivity contribution is 5.73. The molecule has 3 saturated carbocycles. The van der Waals surface area contributed by atoms with Crippen molar-refractivity contribution < 1.29 is 18.0 Å². The first-order chi connectivity index (χ1) is 15.6. The molecule has 0 aromatic carbocycles. The van der Waals surface area contributed by atoms with Crippen molar-refractivity contribution in [3.8, 4) is 0 Å². The number of hydrogen-bond donors (Lipinski definition) is 2. The third kappa shape index (κ3) is 4.25. The van der Waals surface area contributed by atoms with E-state index in [9.17, 15) is 18.0 Å². The van der Waals surface area contributed by atoms with E-state index in [1.807, 2.05) is 0 Å². The summed E-state index contributed by atoms with van der Waals surface area (Å²) in [6.07, 6.45) is 0.529. The molecule has 182 valence electrons. The molecule has 1 aromatic heterocycles. The number of halogens is 3. The molecule has 33 heavy (non-hydrogen) atoms. The number of carbonyl (C=O) groups is 1. The number of amides is 1. The maximum Gasteiger partial charge on any atom is 0.421 e. The van der Waals surface area contributed by atoms with Gasteiger partial charge in [-0.1, -0.05) is 0 Å². The van der Waals surface area contributed by atoms with Crippen molar-refractivity contribution in [3.63, 3.8) is 0 Å². The van der Waals surface area contributed by atoms with Crippen molar-refractivity contribution in [1.29, 1.82) is 0 Å². The zero-order valence-electron chi connectivity index (χ0n) is 19.2. The van der Waals surface area contributed by atoms with E-state index in [4.69, 9.17) is 0 Å². The first-order valence-corrected chi connectivity index (χ1v) is 11.8. The molecule has 3 aliphatic carbocycles. The number of nitrogens with zero attached hydrogens (tertiary/aromatic N) is 5. The minimum Gasteiger partial charge on any atom is -0.356 e. The summed E-state index contributed by atoms with van der Waals surface area (Å²) in [7, 11) is 2.14. The van der Waals surface area contributed by atoms with E-state index in [-0.39, 0.29) is 34.8 Å². The van der Waals surface area contributed by atoms with Crippen molar-refractivity contribution in [2.24, 2.45) is 0 Å². The summed E-state index contributed by atoms with van der Waals surface area (Å²) in [5, 5.41) is 6.23. The predicted octanol–water partition coefficient (Wildman–Crippen LogP) is 1.93. The van der Waals surface area contributed by atoms with Crippen molar-refractivity contribution >= 4 is 17.7 Å². The van der Waals surface area contributed by atoms with Gasteiger partial charge in [-0.15, -0.1) is 0 Å². The van der Waals surface area contributed by atoms with E-state index >= 15 is 0 Å². The molecule has 3 heterocycles. The Labute approximate surface area is 191 Å². The number of anilines is 2. The Kier molecular flexibility index (Phi) is 5.47. The molecule has 2 bridgehead atoms. The fourth-order valence-corrected chi connectivity index (χ4v) is 6.12. The lowest BCUT2D eigenvalue weighted by atomic mass is 9.43. The Morgan fingerprint density at radius 3 is 2.30 bits per heavy atom. The quantitative estimate of drug-likeness (QED) is 0.686. The normalized spacial score (nSPS) is 31.0.